The highest BCUT2D eigenvalue weighted by Crippen LogP contribution is 2.18. The third-order valence-electron chi connectivity index (χ3n) is 3.86. The minimum Gasteiger partial charge on any atom is -0.411 e. The monoisotopic (exact) mass is 380 g/mol. The van der Waals surface area contributed by atoms with Gasteiger partial charge in [0.2, 0.25) is 16.4 Å². The van der Waals surface area contributed by atoms with Crippen LogP contribution in [0.4, 0.5) is 6.01 Å². The largest absolute Gasteiger partial charge is 0.411 e. The Kier molecular flexibility index (Phi) is 7.28. The summed E-state index contributed by atoms with van der Waals surface area (Å²) < 4.78 is 32.1. The Labute approximate surface area is 153 Å². The molecule has 2 aromatic rings. The second-order valence-corrected chi connectivity index (χ2v) is 7.77. The van der Waals surface area contributed by atoms with E-state index in [1.807, 2.05) is 13.8 Å². The number of nitrogens with one attached hydrogen (secondary N) is 1. The highest BCUT2D eigenvalue weighted by molar-refractivity contribution is 7.89. The highest BCUT2D eigenvalue weighted by Gasteiger charge is 2.23. The molecule has 9 heteroatoms. The average molecular weight is 380 g/mol. The molecule has 2 rings (SSSR count). The molecule has 0 radical (unpaired) electrons. The molecule has 0 spiro atoms. The number of unbranched alkanes of at least 4 members (excludes halogenated alkanes) is 2. The first-order chi connectivity index (χ1) is 12.5. The summed E-state index contributed by atoms with van der Waals surface area (Å²) in [6.45, 7) is 5.05. The predicted octanol–water partition coefficient (Wildman–Crippen LogP) is 2.91. The summed E-state index contributed by atoms with van der Waals surface area (Å²) in [5.74, 6) is -0.452. The molecule has 8 nitrogen and oxygen atoms in total. The van der Waals surface area contributed by atoms with Gasteiger partial charge in [0.25, 0.3) is 5.91 Å². The van der Waals surface area contributed by atoms with Crippen LogP contribution in [0.15, 0.2) is 40.0 Å². The van der Waals surface area contributed by atoms with Crippen molar-refractivity contribution in [2.24, 2.45) is 0 Å². The van der Waals surface area contributed by atoms with Crippen LogP contribution in [0.1, 0.15) is 49.9 Å². The number of aromatic nitrogens is 2. The number of rotatable bonds is 10. The minimum absolute atomic E-state index is 0.0167. The Hall–Kier alpha value is -2.26. The molecule has 142 valence electrons. The molecule has 0 bridgehead atoms. The number of carbonyl (C=O) groups is 1. The zero-order valence-electron chi connectivity index (χ0n) is 15.0. The van der Waals surface area contributed by atoms with Crippen molar-refractivity contribution in [1.29, 1.82) is 0 Å². The number of nitrogens with zero attached hydrogens (tertiary/aromatic N) is 3. The standard InChI is InChI=1S/C17H24N4O4S/c1-3-5-11-21(12-6-4-2)26(23,24)15-9-7-14(8-10-15)16(22)19-17-20-18-13-25-17/h7-10,13H,3-6,11-12H2,1-2H3,(H,19,20,22). The van der Waals surface area contributed by atoms with Gasteiger partial charge < -0.3 is 4.42 Å². The maximum atomic E-state index is 12.9. The van der Waals surface area contributed by atoms with Crippen molar-refractivity contribution in [3.63, 3.8) is 0 Å². The number of hydrogen-bond acceptors (Lipinski definition) is 6. The van der Waals surface area contributed by atoms with E-state index in [1.54, 1.807) is 0 Å². The Balaban J connectivity index is 2.14. The number of hydrogen-bond donors (Lipinski definition) is 1. The van der Waals surface area contributed by atoms with Crippen LogP contribution in [0.3, 0.4) is 0 Å². The van der Waals surface area contributed by atoms with Gasteiger partial charge in [0.1, 0.15) is 0 Å². The smallest absolute Gasteiger partial charge is 0.322 e. The topological polar surface area (TPSA) is 105 Å². The van der Waals surface area contributed by atoms with Crippen LogP contribution in [0, 0.1) is 0 Å². The molecule has 0 atom stereocenters. The summed E-state index contributed by atoms with van der Waals surface area (Å²) in [5, 5.41) is 9.47. The van der Waals surface area contributed by atoms with Crippen LogP contribution >= 0.6 is 0 Å². The number of benzene rings is 1. The highest BCUT2D eigenvalue weighted by atomic mass is 32.2. The second kappa shape index (κ2) is 9.44. The lowest BCUT2D eigenvalue weighted by molar-refractivity contribution is 0.102. The van der Waals surface area contributed by atoms with Crippen LogP contribution in [0.2, 0.25) is 0 Å². The van der Waals surface area contributed by atoms with Gasteiger partial charge in [-0.25, -0.2) is 8.42 Å². The van der Waals surface area contributed by atoms with Gasteiger partial charge in [-0.3, -0.25) is 10.1 Å². The Morgan fingerprint density at radius 1 is 1.12 bits per heavy atom. The molecule has 1 aromatic heterocycles. The normalized spacial score (nSPS) is 11.7. The van der Waals surface area contributed by atoms with Gasteiger partial charge in [-0.05, 0) is 37.1 Å². The van der Waals surface area contributed by atoms with Crippen molar-refractivity contribution in [2.45, 2.75) is 44.4 Å². The predicted molar refractivity (Wildman–Crippen MR) is 97.3 cm³/mol. The summed E-state index contributed by atoms with van der Waals surface area (Å²) in [6.07, 6.45) is 4.58. The van der Waals surface area contributed by atoms with E-state index in [9.17, 15) is 13.2 Å². The van der Waals surface area contributed by atoms with E-state index in [2.05, 4.69) is 15.5 Å². The van der Waals surface area contributed by atoms with Crippen molar-refractivity contribution in [3.05, 3.63) is 36.2 Å². The maximum absolute atomic E-state index is 12.9. The van der Waals surface area contributed by atoms with Gasteiger partial charge in [-0.1, -0.05) is 31.8 Å². The molecular formula is C17H24N4O4S. The second-order valence-electron chi connectivity index (χ2n) is 5.83. The minimum atomic E-state index is -3.58. The lowest BCUT2D eigenvalue weighted by atomic mass is 10.2. The molecule has 0 fully saturated rings. The van der Waals surface area contributed by atoms with Crippen LogP contribution in [0.5, 0.6) is 0 Å². The third kappa shape index (κ3) is 5.12. The van der Waals surface area contributed by atoms with Crippen molar-refractivity contribution in [1.82, 2.24) is 14.5 Å². The molecule has 1 amide bonds. The van der Waals surface area contributed by atoms with Crippen LogP contribution < -0.4 is 5.32 Å². The van der Waals surface area contributed by atoms with Crippen LogP contribution in [-0.2, 0) is 10.0 Å². The number of carbonyl (C=O) groups excluding carboxylic acids is 1. The van der Waals surface area contributed by atoms with Crippen molar-refractivity contribution < 1.29 is 17.6 Å². The van der Waals surface area contributed by atoms with Crippen molar-refractivity contribution in [3.8, 4) is 0 Å². The van der Waals surface area contributed by atoms with E-state index >= 15 is 0 Å². The van der Waals surface area contributed by atoms with Crippen LogP contribution in [-0.4, -0.2) is 41.9 Å². The Morgan fingerprint density at radius 2 is 1.73 bits per heavy atom. The van der Waals surface area contributed by atoms with Gasteiger partial charge in [0.15, 0.2) is 0 Å². The quantitative estimate of drug-likeness (QED) is 0.679. The summed E-state index contributed by atoms with van der Waals surface area (Å²) in [5.41, 5.74) is 0.302. The van der Waals surface area contributed by atoms with Gasteiger partial charge in [0.05, 0.1) is 4.90 Å². The molecule has 0 saturated heterocycles. The first kappa shape index (κ1) is 20.1. The summed E-state index contributed by atoms with van der Waals surface area (Å²) in [7, 11) is -3.58. The van der Waals surface area contributed by atoms with Crippen molar-refractivity contribution in [2.75, 3.05) is 18.4 Å². The summed E-state index contributed by atoms with van der Waals surface area (Å²) in [6, 6.07) is 5.82. The number of sulfonamides is 1. The molecular weight excluding hydrogens is 356 g/mol. The van der Waals surface area contributed by atoms with E-state index in [1.165, 1.54) is 28.6 Å². The fourth-order valence-electron chi connectivity index (χ4n) is 2.35. The molecule has 0 aliphatic heterocycles. The summed E-state index contributed by atoms with van der Waals surface area (Å²) >= 11 is 0. The van der Waals surface area contributed by atoms with Gasteiger partial charge >= 0.3 is 6.01 Å². The van der Waals surface area contributed by atoms with Crippen LogP contribution in [0.25, 0.3) is 0 Å². The Morgan fingerprint density at radius 3 is 2.23 bits per heavy atom. The Bertz CT molecular complexity index is 781. The van der Waals surface area contributed by atoms with E-state index in [0.717, 1.165) is 32.1 Å². The fraction of sp³-hybridized carbons (Fsp3) is 0.471. The SMILES string of the molecule is CCCCN(CCCC)S(=O)(=O)c1ccc(C(=O)Nc2nnco2)cc1. The maximum Gasteiger partial charge on any atom is 0.322 e. The molecule has 26 heavy (non-hydrogen) atoms. The third-order valence-corrected chi connectivity index (χ3v) is 5.77. The molecule has 0 unspecified atom stereocenters. The molecule has 1 heterocycles. The molecule has 0 saturated carbocycles. The first-order valence-corrected chi connectivity index (χ1v) is 10.1. The zero-order chi connectivity index (χ0) is 19.0. The molecule has 0 aliphatic carbocycles. The summed E-state index contributed by atoms with van der Waals surface area (Å²) in [4.78, 5) is 12.3. The lowest BCUT2D eigenvalue weighted by Gasteiger charge is -2.22. The fourth-order valence-corrected chi connectivity index (χ4v) is 3.86. The molecule has 1 aromatic carbocycles. The van der Waals surface area contributed by atoms with E-state index in [4.69, 9.17) is 4.42 Å². The lowest BCUT2D eigenvalue weighted by Crippen LogP contribution is -2.33. The van der Waals surface area contributed by atoms with Crippen molar-refractivity contribution >= 4 is 21.9 Å². The van der Waals surface area contributed by atoms with Gasteiger partial charge in [0, 0.05) is 18.7 Å². The van der Waals surface area contributed by atoms with E-state index in [-0.39, 0.29) is 10.9 Å². The molecule has 1 N–H and O–H groups in total. The van der Waals surface area contributed by atoms with Gasteiger partial charge in [-0.15, -0.1) is 5.10 Å². The van der Waals surface area contributed by atoms with E-state index < -0.39 is 15.9 Å². The van der Waals surface area contributed by atoms with Gasteiger partial charge in [-0.2, -0.15) is 4.31 Å². The number of amides is 1. The van der Waals surface area contributed by atoms with E-state index in [0.29, 0.717) is 18.7 Å². The number of anilines is 1. The molecule has 0 aliphatic rings. The zero-order valence-corrected chi connectivity index (χ0v) is 15.8. The first-order valence-electron chi connectivity index (χ1n) is 8.66. The average Bonchev–Trinajstić information content (AvgIpc) is 3.14.